The largest absolute Gasteiger partial charge is 0.489 e. The highest BCUT2D eigenvalue weighted by atomic mass is 79.9. The summed E-state index contributed by atoms with van der Waals surface area (Å²) in [6.07, 6.45) is 3.57. The Morgan fingerprint density at radius 1 is 1.29 bits per heavy atom. The molecule has 2 aliphatic rings. The average Bonchev–Trinajstić information content (AvgIpc) is 2.36. The molecule has 1 spiro atoms. The molecule has 0 aromatic heterocycles. The third kappa shape index (κ3) is 3.85. The van der Waals surface area contributed by atoms with Gasteiger partial charge in [-0.15, -0.1) is 0 Å². The van der Waals surface area contributed by atoms with E-state index in [0.29, 0.717) is 10.2 Å². The molecule has 1 aromatic carbocycles. The van der Waals surface area contributed by atoms with Gasteiger partial charge < -0.3 is 14.8 Å². The lowest BCUT2D eigenvalue weighted by Gasteiger charge is -2.57. The fraction of sp³-hybridized carbons (Fsp3) is 0.611. The van der Waals surface area contributed by atoms with Crippen molar-refractivity contribution >= 4 is 22.0 Å². The lowest BCUT2D eigenvalue weighted by atomic mass is 9.53. The molecular weight excluding hydrogens is 377 g/mol. The Morgan fingerprint density at radius 2 is 1.96 bits per heavy atom. The summed E-state index contributed by atoms with van der Waals surface area (Å²) in [5, 5.41) is 2.92. The minimum absolute atomic E-state index is 0.116. The van der Waals surface area contributed by atoms with Crippen molar-refractivity contribution in [3.8, 4) is 5.75 Å². The Morgan fingerprint density at radius 3 is 2.58 bits per heavy atom. The summed E-state index contributed by atoms with van der Waals surface area (Å²) in [5.41, 5.74) is -0.205. The van der Waals surface area contributed by atoms with E-state index in [1.807, 2.05) is 20.8 Å². The number of amides is 1. The molecule has 0 heterocycles. The van der Waals surface area contributed by atoms with Gasteiger partial charge in [-0.2, -0.15) is 0 Å². The normalized spacial score (nSPS) is 28.7. The lowest BCUT2D eigenvalue weighted by Crippen LogP contribution is -2.59. The van der Waals surface area contributed by atoms with Gasteiger partial charge in [0.05, 0.1) is 10.6 Å². The molecule has 132 valence electrons. The summed E-state index contributed by atoms with van der Waals surface area (Å²) in [6, 6.07) is 5.00. The number of hydrogen-bond acceptors (Lipinski definition) is 3. The third-order valence-corrected chi connectivity index (χ3v) is 5.38. The van der Waals surface area contributed by atoms with Gasteiger partial charge in [0.1, 0.15) is 17.2 Å². The van der Waals surface area contributed by atoms with Gasteiger partial charge in [-0.1, -0.05) is 6.07 Å². The van der Waals surface area contributed by atoms with Crippen LogP contribution in [0.4, 0.5) is 9.18 Å². The zero-order valence-electron chi connectivity index (χ0n) is 14.2. The van der Waals surface area contributed by atoms with Crippen molar-refractivity contribution in [3.63, 3.8) is 0 Å². The Bertz CT molecular complexity index is 630. The Kier molecular flexibility index (Phi) is 4.53. The minimum atomic E-state index is -0.473. The Labute approximate surface area is 150 Å². The van der Waals surface area contributed by atoms with Crippen LogP contribution in [0.5, 0.6) is 5.75 Å². The number of benzene rings is 1. The zero-order chi connectivity index (χ0) is 17.5. The Hall–Kier alpha value is -1.30. The summed E-state index contributed by atoms with van der Waals surface area (Å²) in [6.45, 7) is 5.56. The molecule has 1 amide bonds. The Balaban J connectivity index is 1.42. The maximum Gasteiger partial charge on any atom is 0.407 e. The first-order valence-electron chi connectivity index (χ1n) is 8.26. The van der Waals surface area contributed by atoms with Gasteiger partial charge in [0.2, 0.25) is 0 Å². The van der Waals surface area contributed by atoms with Crippen LogP contribution in [-0.2, 0) is 4.74 Å². The van der Waals surface area contributed by atoms with E-state index in [1.165, 1.54) is 6.07 Å². The second-order valence-corrected chi connectivity index (χ2v) is 8.74. The van der Waals surface area contributed by atoms with Gasteiger partial charge in [0.25, 0.3) is 0 Å². The summed E-state index contributed by atoms with van der Waals surface area (Å²) in [5.74, 6) is 0.240. The quantitative estimate of drug-likeness (QED) is 0.793. The molecule has 0 unspecified atom stereocenters. The molecule has 0 saturated heterocycles. The van der Waals surface area contributed by atoms with Crippen molar-refractivity contribution in [3.05, 3.63) is 28.5 Å². The van der Waals surface area contributed by atoms with Crippen molar-refractivity contribution in [2.45, 2.75) is 64.2 Å². The van der Waals surface area contributed by atoms with E-state index in [1.54, 1.807) is 12.1 Å². The minimum Gasteiger partial charge on any atom is -0.489 e. The molecule has 6 heteroatoms. The van der Waals surface area contributed by atoms with E-state index >= 15 is 0 Å². The number of nitrogens with one attached hydrogen (secondary N) is 1. The third-order valence-electron chi connectivity index (χ3n) is 4.61. The van der Waals surface area contributed by atoms with Crippen LogP contribution >= 0.6 is 15.9 Å². The van der Waals surface area contributed by atoms with Crippen LogP contribution in [0.25, 0.3) is 0 Å². The molecule has 1 N–H and O–H groups in total. The van der Waals surface area contributed by atoms with E-state index in [2.05, 4.69) is 21.2 Å². The van der Waals surface area contributed by atoms with Crippen LogP contribution < -0.4 is 10.1 Å². The second-order valence-electron chi connectivity index (χ2n) is 7.95. The highest BCUT2D eigenvalue weighted by Crippen LogP contribution is 2.57. The maximum absolute atomic E-state index is 13.5. The average molecular weight is 400 g/mol. The van der Waals surface area contributed by atoms with Crippen LogP contribution in [-0.4, -0.2) is 23.8 Å². The standard InChI is InChI=1S/C18H23BrFNO3/c1-17(2,3)24-16(22)21-11-7-18(8-11)9-12(10-18)23-14-6-4-5-13(20)15(14)19/h4-6,11-12H,7-10H2,1-3H3,(H,21,22). The molecule has 0 bridgehead atoms. The van der Waals surface area contributed by atoms with Crippen LogP contribution in [0.15, 0.2) is 22.7 Å². The number of ether oxygens (including phenoxy) is 2. The van der Waals surface area contributed by atoms with E-state index in [9.17, 15) is 9.18 Å². The SMILES string of the molecule is CC(C)(C)OC(=O)NC1CC2(C1)CC(Oc1cccc(F)c1Br)C2. The molecule has 2 saturated carbocycles. The van der Waals surface area contributed by atoms with E-state index in [0.717, 1.165) is 25.7 Å². The van der Waals surface area contributed by atoms with Gasteiger partial charge in [-0.25, -0.2) is 9.18 Å². The smallest absolute Gasteiger partial charge is 0.407 e. The van der Waals surface area contributed by atoms with E-state index < -0.39 is 5.60 Å². The molecular formula is C18H23BrFNO3. The van der Waals surface area contributed by atoms with Gasteiger partial charge in [-0.05, 0) is 79.9 Å². The van der Waals surface area contributed by atoms with Crippen LogP contribution in [0, 0.1) is 11.2 Å². The molecule has 1 aromatic rings. The van der Waals surface area contributed by atoms with E-state index in [-0.39, 0.29) is 29.5 Å². The highest BCUT2D eigenvalue weighted by molar-refractivity contribution is 9.10. The lowest BCUT2D eigenvalue weighted by molar-refractivity contribution is -0.0856. The van der Waals surface area contributed by atoms with E-state index in [4.69, 9.17) is 9.47 Å². The number of carbonyl (C=O) groups excluding carboxylic acids is 1. The molecule has 2 aliphatic carbocycles. The van der Waals surface area contributed by atoms with Gasteiger partial charge in [0, 0.05) is 6.04 Å². The highest BCUT2D eigenvalue weighted by Gasteiger charge is 2.54. The zero-order valence-corrected chi connectivity index (χ0v) is 15.8. The molecule has 0 atom stereocenters. The van der Waals surface area contributed by atoms with Crippen LogP contribution in [0.1, 0.15) is 46.5 Å². The van der Waals surface area contributed by atoms with Crippen LogP contribution in [0.3, 0.4) is 0 Å². The predicted molar refractivity (Wildman–Crippen MR) is 92.6 cm³/mol. The topological polar surface area (TPSA) is 47.6 Å². The molecule has 24 heavy (non-hydrogen) atoms. The summed E-state index contributed by atoms with van der Waals surface area (Å²) >= 11 is 3.22. The number of hydrogen-bond donors (Lipinski definition) is 1. The molecule has 0 aliphatic heterocycles. The van der Waals surface area contributed by atoms with Crippen molar-refractivity contribution in [2.75, 3.05) is 0 Å². The number of carbonyl (C=O) groups is 1. The monoisotopic (exact) mass is 399 g/mol. The van der Waals surface area contributed by atoms with Crippen molar-refractivity contribution < 1.29 is 18.7 Å². The molecule has 4 nitrogen and oxygen atoms in total. The molecule has 3 rings (SSSR count). The number of halogens is 2. The number of rotatable bonds is 3. The first kappa shape index (κ1) is 17.5. The summed E-state index contributed by atoms with van der Waals surface area (Å²) in [4.78, 5) is 11.8. The molecule has 2 fully saturated rings. The first-order chi connectivity index (χ1) is 11.2. The first-order valence-corrected chi connectivity index (χ1v) is 9.05. The van der Waals surface area contributed by atoms with Crippen LogP contribution in [0.2, 0.25) is 0 Å². The van der Waals surface area contributed by atoms with Gasteiger partial charge in [0.15, 0.2) is 0 Å². The fourth-order valence-corrected chi connectivity index (χ4v) is 4.00. The van der Waals surface area contributed by atoms with Crippen molar-refractivity contribution in [1.82, 2.24) is 5.32 Å². The van der Waals surface area contributed by atoms with Gasteiger partial charge >= 0.3 is 6.09 Å². The fourth-order valence-electron chi connectivity index (χ4n) is 3.64. The summed E-state index contributed by atoms with van der Waals surface area (Å²) < 4.78 is 25.0. The predicted octanol–water partition coefficient (Wildman–Crippen LogP) is 4.80. The summed E-state index contributed by atoms with van der Waals surface area (Å²) in [7, 11) is 0. The number of alkyl carbamates (subject to hydrolysis) is 1. The van der Waals surface area contributed by atoms with Crippen molar-refractivity contribution in [1.29, 1.82) is 0 Å². The second kappa shape index (κ2) is 6.21. The maximum atomic E-state index is 13.5. The van der Waals surface area contributed by atoms with Crippen molar-refractivity contribution in [2.24, 2.45) is 5.41 Å². The van der Waals surface area contributed by atoms with Gasteiger partial charge in [-0.3, -0.25) is 0 Å². The molecule has 0 radical (unpaired) electrons.